The van der Waals surface area contributed by atoms with Crippen LogP contribution in [0.2, 0.25) is 0 Å². The van der Waals surface area contributed by atoms with E-state index in [2.05, 4.69) is 37.0 Å². The van der Waals surface area contributed by atoms with Gasteiger partial charge in [0.25, 0.3) is 0 Å². The van der Waals surface area contributed by atoms with Crippen LogP contribution in [0, 0.1) is 0 Å². The Labute approximate surface area is 115 Å². The van der Waals surface area contributed by atoms with E-state index in [0.29, 0.717) is 5.92 Å². The molecule has 0 aliphatic carbocycles. The van der Waals surface area contributed by atoms with Crippen LogP contribution in [-0.2, 0) is 6.54 Å². The normalized spacial score (nSPS) is 11.9. The summed E-state index contributed by atoms with van der Waals surface area (Å²) in [5.74, 6) is 0.423. The fraction of sp³-hybridized carbons (Fsp3) is 0.533. The number of hydrogen-bond acceptors (Lipinski definition) is 3. The molecule has 2 rings (SSSR count). The van der Waals surface area contributed by atoms with Gasteiger partial charge in [-0.3, -0.25) is 4.90 Å². The fourth-order valence-corrected chi connectivity index (χ4v) is 2.41. The van der Waals surface area contributed by atoms with Gasteiger partial charge in [-0.25, -0.2) is 4.98 Å². The van der Waals surface area contributed by atoms with E-state index in [9.17, 15) is 0 Å². The second-order valence-corrected chi connectivity index (χ2v) is 5.25. The lowest BCUT2D eigenvalue weighted by Gasteiger charge is -2.19. The van der Waals surface area contributed by atoms with Gasteiger partial charge >= 0.3 is 0 Å². The molecule has 4 nitrogen and oxygen atoms in total. The van der Waals surface area contributed by atoms with Crippen molar-refractivity contribution in [3.05, 3.63) is 29.7 Å². The first-order valence-corrected chi connectivity index (χ1v) is 7.05. The van der Waals surface area contributed by atoms with Crippen molar-refractivity contribution in [2.45, 2.75) is 40.2 Å². The summed E-state index contributed by atoms with van der Waals surface area (Å²) in [5.41, 5.74) is 10.1. The standard InChI is InChI=1S/C15H24N4/c1-5-18(6-2)10-13-15(11(3)4)17-14-8-7-12(16)9-19(13)14/h7-9,11H,5-6,10,16H2,1-4H3. The van der Waals surface area contributed by atoms with Gasteiger partial charge in [0, 0.05) is 18.4 Å². The molecule has 0 radical (unpaired) electrons. The van der Waals surface area contributed by atoms with Crippen LogP contribution >= 0.6 is 0 Å². The summed E-state index contributed by atoms with van der Waals surface area (Å²) >= 11 is 0. The molecule has 0 spiro atoms. The van der Waals surface area contributed by atoms with E-state index >= 15 is 0 Å². The molecule has 2 aromatic heterocycles. The van der Waals surface area contributed by atoms with Crippen molar-refractivity contribution in [1.29, 1.82) is 0 Å². The number of hydrogen-bond donors (Lipinski definition) is 1. The number of pyridine rings is 1. The van der Waals surface area contributed by atoms with Crippen LogP contribution in [-0.4, -0.2) is 27.4 Å². The summed E-state index contributed by atoms with van der Waals surface area (Å²) in [5, 5.41) is 0. The Balaban J connectivity index is 2.53. The van der Waals surface area contributed by atoms with Crippen LogP contribution in [0.4, 0.5) is 5.69 Å². The molecule has 0 aliphatic rings. The van der Waals surface area contributed by atoms with Crippen LogP contribution in [0.15, 0.2) is 18.3 Å². The lowest BCUT2D eigenvalue weighted by Crippen LogP contribution is -2.23. The quantitative estimate of drug-likeness (QED) is 0.899. The SMILES string of the molecule is CCN(CC)Cc1c(C(C)C)nc2ccc(N)cn12. The number of nitrogens with two attached hydrogens (primary N) is 1. The lowest BCUT2D eigenvalue weighted by atomic mass is 10.1. The Kier molecular flexibility index (Phi) is 4.10. The molecule has 19 heavy (non-hydrogen) atoms. The molecule has 2 heterocycles. The number of anilines is 1. The highest BCUT2D eigenvalue weighted by Gasteiger charge is 2.16. The molecule has 0 aliphatic heterocycles. The summed E-state index contributed by atoms with van der Waals surface area (Å²) in [7, 11) is 0. The Hall–Kier alpha value is -1.55. The molecule has 0 fully saturated rings. The number of nitrogens with zero attached hydrogens (tertiary/aromatic N) is 3. The zero-order valence-electron chi connectivity index (χ0n) is 12.3. The van der Waals surface area contributed by atoms with Crippen LogP contribution in [0.5, 0.6) is 0 Å². The minimum Gasteiger partial charge on any atom is -0.398 e. The van der Waals surface area contributed by atoms with E-state index in [0.717, 1.165) is 31.0 Å². The first kappa shape index (κ1) is 13.9. The predicted molar refractivity (Wildman–Crippen MR) is 80.3 cm³/mol. The topological polar surface area (TPSA) is 46.6 Å². The molecule has 0 bridgehead atoms. The van der Waals surface area contributed by atoms with Gasteiger partial charge in [0.2, 0.25) is 0 Å². The number of fused-ring (bicyclic) bond motifs is 1. The predicted octanol–water partition coefficient (Wildman–Crippen LogP) is 2.88. The van der Waals surface area contributed by atoms with Gasteiger partial charge < -0.3 is 10.1 Å². The molecule has 0 saturated carbocycles. The van der Waals surface area contributed by atoms with E-state index in [1.807, 2.05) is 18.3 Å². The van der Waals surface area contributed by atoms with Gasteiger partial charge in [-0.15, -0.1) is 0 Å². The number of imidazole rings is 1. The lowest BCUT2D eigenvalue weighted by molar-refractivity contribution is 0.290. The van der Waals surface area contributed by atoms with Crippen molar-refractivity contribution in [3.8, 4) is 0 Å². The van der Waals surface area contributed by atoms with Crippen LogP contribution < -0.4 is 5.73 Å². The van der Waals surface area contributed by atoms with E-state index in [-0.39, 0.29) is 0 Å². The Morgan fingerprint density at radius 3 is 2.53 bits per heavy atom. The van der Waals surface area contributed by atoms with Crippen LogP contribution in [0.1, 0.15) is 45.0 Å². The van der Waals surface area contributed by atoms with Crippen molar-refractivity contribution in [2.75, 3.05) is 18.8 Å². The molecule has 4 heteroatoms. The molecule has 104 valence electrons. The third-order valence-corrected chi connectivity index (χ3v) is 3.59. The van der Waals surface area contributed by atoms with Crippen LogP contribution in [0.3, 0.4) is 0 Å². The Bertz CT molecular complexity index is 553. The second kappa shape index (κ2) is 5.61. The highest BCUT2D eigenvalue weighted by molar-refractivity contribution is 5.50. The molecule has 0 aromatic carbocycles. The Morgan fingerprint density at radius 2 is 1.95 bits per heavy atom. The first-order valence-electron chi connectivity index (χ1n) is 7.05. The molecule has 0 amide bonds. The van der Waals surface area contributed by atoms with E-state index < -0.39 is 0 Å². The summed E-state index contributed by atoms with van der Waals surface area (Å²) in [6, 6.07) is 3.90. The van der Waals surface area contributed by atoms with Gasteiger partial charge in [-0.05, 0) is 31.1 Å². The number of rotatable bonds is 5. The van der Waals surface area contributed by atoms with Crippen molar-refractivity contribution in [2.24, 2.45) is 0 Å². The summed E-state index contributed by atoms with van der Waals surface area (Å²) in [6.45, 7) is 11.8. The van der Waals surface area contributed by atoms with Gasteiger partial charge in [0.1, 0.15) is 5.65 Å². The van der Waals surface area contributed by atoms with Crippen molar-refractivity contribution < 1.29 is 0 Å². The van der Waals surface area contributed by atoms with E-state index in [1.54, 1.807) is 0 Å². The monoisotopic (exact) mass is 260 g/mol. The summed E-state index contributed by atoms with van der Waals surface area (Å²) in [4.78, 5) is 7.16. The largest absolute Gasteiger partial charge is 0.398 e. The van der Waals surface area contributed by atoms with Gasteiger partial charge in [0.15, 0.2) is 0 Å². The molecule has 2 aromatic rings. The zero-order valence-corrected chi connectivity index (χ0v) is 12.3. The molecular weight excluding hydrogens is 236 g/mol. The third kappa shape index (κ3) is 2.73. The Morgan fingerprint density at radius 1 is 1.26 bits per heavy atom. The summed E-state index contributed by atoms with van der Waals surface area (Å²) in [6.07, 6.45) is 1.98. The number of aromatic nitrogens is 2. The molecule has 0 unspecified atom stereocenters. The van der Waals surface area contributed by atoms with Gasteiger partial charge in [0.05, 0.1) is 11.4 Å². The number of nitrogen functional groups attached to an aromatic ring is 1. The van der Waals surface area contributed by atoms with Crippen molar-refractivity contribution >= 4 is 11.3 Å². The third-order valence-electron chi connectivity index (χ3n) is 3.59. The average molecular weight is 260 g/mol. The minimum atomic E-state index is 0.423. The van der Waals surface area contributed by atoms with Crippen LogP contribution in [0.25, 0.3) is 5.65 Å². The van der Waals surface area contributed by atoms with Crippen molar-refractivity contribution in [1.82, 2.24) is 14.3 Å². The zero-order chi connectivity index (χ0) is 14.0. The molecular formula is C15H24N4. The fourth-order valence-electron chi connectivity index (χ4n) is 2.41. The maximum absolute atomic E-state index is 5.91. The molecule has 0 saturated heterocycles. The first-order chi connectivity index (χ1) is 9.06. The summed E-state index contributed by atoms with van der Waals surface area (Å²) < 4.78 is 2.14. The minimum absolute atomic E-state index is 0.423. The van der Waals surface area contributed by atoms with Crippen molar-refractivity contribution in [3.63, 3.8) is 0 Å². The van der Waals surface area contributed by atoms with E-state index in [4.69, 9.17) is 10.7 Å². The molecule has 0 atom stereocenters. The smallest absolute Gasteiger partial charge is 0.137 e. The average Bonchev–Trinajstić information content (AvgIpc) is 2.74. The van der Waals surface area contributed by atoms with E-state index in [1.165, 1.54) is 11.4 Å². The maximum Gasteiger partial charge on any atom is 0.137 e. The maximum atomic E-state index is 5.91. The highest BCUT2D eigenvalue weighted by atomic mass is 15.1. The molecule has 2 N–H and O–H groups in total. The van der Waals surface area contributed by atoms with Gasteiger partial charge in [-0.2, -0.15) is 0 Å². The highest BCUT2D eigenvalue weighted by Crippen LogP contribution is 2.23. The van der Waals surface area contributed by atoms with Gasteiger partial charge in [-0.1, -0.05) is 27.7 Å². The second-order valence-electron chi connectivity index (χ2n) is 5.25.